The van der Waals surface area contributed by atoms with Crippen LogP contribution in [0.15, 0.2) is 77.7 Å². The number of amides is 1. The molecule has 174 valence electrons. The monoisotopic (exact) mass is 542 g/mol. The number of rotatable bonds is 10. The Morgan fingerprint density at radius 1 is 0.879 bits per heavy atom. The van der Waals surface area contributed by atoms with E-state index >= 15 is 0 Å². The molecular formula is C23H21Cl3N2O3S2. The second kappa shape index (κ2) is 12.0. The van der Waals surface area contributed by atoms with Crippen molar-refractivity contribution in [2.75, 3.05) is 23.1 Å². The van der Waals surface area contributed by atoms with Gasteiger partial charge in [-0.25, -0.2) is 8.42 Å². The van der Waals surface area contributed by atoms with E-state index in [1.165, 1.54) is 12.1 Å². The smallest absolute Gasteiger partial charge is 0.264 e. The van der Waals surface area contributed by atoms with E-state index in [-0.39, 0.29) is 15.6 Å². The molecule has 0 saturated heterocycles. The molecule has 3 aromatic rings. The summed E-state index contributed by atoms with van der Waals surface area (Å²) in [7, 11) is -3.99. The molecule has 0 spiro atoms. The van der Waals surface area contributed by atoms with Crippen molar-refractivity contribution < 1.29 is 13.2 Å². The zero-order valence-electron chi connectivity index (χ0n) is 17.4. The van der Waals surface area contributed by atoms with E-state index in [2.05, 4.69) is 5.32 Å². The van der Waals surface area contributed by atoms with Crippen LogP contribution in [0.3, 0.4) is 0 Å². The van der Waals surface area contributed by atoms with E-state index < -0.39 is 22.5 Å². The van der Waals surface area contributed by atoms with Crippen LogP contribution >= 0.6 is 46.6 Å². The zero-order valence-corrected chi connectivity index (χ0v) is 21.3. The average molecular weight is 544 g/mol. The first-order valence-corrected chi connectivity index (χ1v) is 13.6. The van der Waals surface area contributed by atoms with Gasteiger partial charge in [0.05, 0.1) is 25.7 Å². The van der Waals surface area contributed by atoms with Gasteiger partial charge in [0.2, 0.25) is 5.91 Å². The molecule has 3 rings (SSSR count). The van der Waals surface area contributed by atoms with E-state index in [1.54, 1.807) is 60.3 Å². The highest BCUT2D eigenvalue weighted by atomic mass is 35.5. The number of hydrogen-bond donors (Lipinski definition) is 1. The normalized spacial score (nSPS) is 11.2. The Bertz CT molecular complexity index is 1210. The van der Waals surface area contributed by atoms with Gasteiger partial charge in [-0.3, -0.25) is 9.10 Å². The number of hydrogen-bond acceptors (Lipinski definition) is 4. The highest BCUT2D eigenvalue weighted by Gasteiger charge is 2.28. The van der Waals surface area contributed by atoms with E-state index in [4.69, 9.17) is 34.8 Å². The van der Waals surface area contributed by atoms with Crippen LogP contribution in [0.25, 0.3) is 0 Å². The van der Waals surface area contributed by atoms with E-state index in [9.17, 15) is 13.2 Å². The van der Waals surface area contributed by atoms with Crippen molar-refractivity contribution in [3.05, 3.63) is 93.4 Å². The molecule has 0 fully saturated rings. The van der Waals surface area contributed by atoms with Crippen molar-refractivity contribution in [3.63, 3.8) is 0 Å². The summed E-state index contributed by atoms with van der Waals surface area (Å²) in [5, 5.41) is 4.02. The van der Waals surface area contributed by atoms with Crippen LogP contribution in [0.1, 0.15) is 5.56 Å². The number of anilines is 1. The maximum absolute atomic E-state index is 13.3. The SMILES string of the molecule is O=C(CN(c1ccccc1Cl)S(=O)(=O)c1ccccc1)NCCSCc1ccc(Cl)c(Cl)c1. The van der Waals surface area contributed by atoms with Crippen LogP contribution in [-0.4, -0.2) is 33.2 Å². The molecule has 0 atom stereocenters. The lowest BCUT2D eigenvalue weighted by atomic mass is 10.2. The Morgan fingerprint density at radius 2 is 1.58 bits per heavy atom. The third-order valence-corrected chi connectivity index (χ3v) is 8.42. The highest BCUT2D eigenvalue weighted by Crippen LogP contribution is 2.30. The van der Waals surface area contributed by atoms with Crippen LogP contribution in [0.4, 0.5) is 5.69 Å². The number of para-hydroxylation sites is 1. The fourth-order valence-electron chi connectivity index (χ4n) is 2.94. The Labute approximate surface area is 213 Å². The summed E-state index contributed by atoms with van der Waals surface area (Å²) in [6, 6.07) is 19.9. The summed E-state index contributed by atoms with van der Waals surface area (Å²) < 4.78 is 27.6. The quantitative estimate of drug-likeness (QED) is 0.324. The molecule has 0 aliphatic rings. The molecule has 0 aromatic heterocycles. The van der Waals surface area contributed by atoms with Gasteiger partial charge in [-0.15, -0.1) is 0 Å². The van der Waals surface area contributed by atoms with Gasteiger partial charge in [0, 0.05) is 18.1 Å². The maximum atomic E-state index is 13.3. The van der Waals surface area contributed by atoms with Gasteiger partial charge in [-0.2, -0.15) is 11.8 Å². The summed E-state index contributed by atoms with van der Waals surface area (Å²) in [5.74, 6) is 0.925. The van der Waals surface area contributed by atoms with Crippen molar-refractivity contribution in [1.29, 1.82) is 0 Å². The van der Waals surface area contributed by atoms with E-state index in [0.29, 0.717) is 28.1 Å². The van der Waals surface area contributed by atoms with E-state index in [1.807, 2.05) is 12.1 Å². The lowest BCUT2D eigenvalue weighted by Crippen LogP contribution is -2.41. The summed E-state index contributed by atoms with van der Waals surface area (Å²) in [4.78, 5) is 12.7. The molecule has 3 aromatic carbocycles. The van der Waals surface area contributed by atoms with Gasteiger partial charge < -0.3 is 5.32 Å². The number of nitrogens with one attached hydrogen (secondary N) is 1. The van der Waals surface area contributed by atoms with Crippen LogP contribution in [0, 0.1) is 0 Å². The molecule has 1 amide bonds. The number of carbonyl (C=O) groups is 1. The van der Waals surface area contributed by atoms with Gasteiger partial charge >= 0.3 is 0 Å². The van der Waals surface area contributed by atoms with Crippen LogP contribution in [0.5, 0.6) is 0 Å². The van der Waals surface area contributed by atoms with E-state index in [0.717, 1.165) is 9.87 Å². The maximum Gasteiger partial charge on any atom is 0.264 e. The van der Waals surface area contributed by atoms with Gasteiger partial charge in [-0.1, -0.05) is 71.2 Å². The van der Waals surface area contributed by atoms with Crippen LogP contribution in [0.2, 0.25) is 15.1 Å². The molecular weight excluding hydrogens is 523 g/mol. The number of halogens is 3. The minimum absolute atomic E-state index is 0.0786. The molecule has 0 radical (unpaired) electrons. The Balaban J connectivity index is 1.62. The fraction of sp³-hybridized carbons (Fsp3) is 0.174. The van der Waals surface area contributed by atoms with Crippen molar-refractivity contribution >= 4 is 68.2 Å². The first-order chi connectivity index (χ1) is 15.8. The summed E-state index contributed by atoms with van der Waals surface area (Å²) in [6.07, 6.45) is 0. The first kappa shape index (κ1) is 25.7. The summed E-state index contributed by atoms with van der Waals surface area (Å²) >= 11 is 19.8. The van der Waals surface area contributed by atoms with Gasteiger partial charge in [0.25, 0.3) is 10.0 Å². The third kappa shape index (κ3) is 7.04. The Kier molecular flexibility index (Phi) is 9.35. The second-order valence-electron chi connectivity index (χ2n) is 6.93. The minimum atomic E-state index is -3.99. The standard InChI is InChI=1S/C23H21Cl3N2O3S2/c24-19-11-10-17(14-21(19)26)16-32-13-12-27-23(29)15-28(22-9-5-4-8-20(22)25)33(30,31)18-6-2-1-3-7-18/h1-11,14H,12-13,15-16H2,(H,27,29). The molecule has 0 heterocycles. The number of thioether (sulfide) groups is 1. The van der Waals surface area contributed by atoms with Gasteiger partial charge in [0.1, 0.15) is 6.54 Å². The molecule has 5 nitrogen and oxygen atoms in total. The van der Waals surface area contributed by atoms with Gasteiger partial charge in [-0.05, 0) is 42.0 Å². The number of sulfonamides is 1. The molecule has 0 bridgehead atoms. The highest BCUT2D eigenvalue weighted by molar-refractivity contribution is 7.98. The molecule has 10 heteroatoms. The largest absolute Gasteiger partial charge is 0.354 e. The molecule has 33 heavy (non-hydrogen) atoms. The molecule has 0 aliphatic carbocycles. The summed E-state index contributed by atoms with van der Waals surface area (Å²) in [6.45, 7) is -0.00894. The van der Waals surface area contributed by atoms with Crippen molar-refractivity contribution in [2.45, 2.75) is 10.6 Å². The first-order valence-electron chi connectivity index (χ1n) is 9.90. The molecule has 0 saturated carbocycles. The fourth-order valence-corrected chi connectivity index (χ4v) is 5.82. The lowest BCUT2D eigenvalue weighted by molar-refractivity contribution is -0.119. The Morgan fingerprint density at radius 3 is 2.27 bits per heavy atom. The number of nitrogens with zero attached hydrogens (tertiary/aromatic N) is 1. The van der Waals surface area contributed by atoms with Crippen LogP contribution in [-0.2, 0) is 20.6 Å². The zero-order chi connectivity index (χ0) is 23.8. The average Bonchev–Trinajstić information content (AvgIpc) is 2.80. The summed E-state index contributed by atoms with van der Waals surface area (Å²) in [5.41, 5.74) is 1.27. The Hall–Kier alpha value is -1.90. The minimum Gasteiger partial charge on any atom is -0.354 e. The van der Waals surface area contributed by atoms with Crippen molar-refractivity contribution in [1.82, 2.24) is 5.32 Å². The van der Waals surface area contributed by atoms with Crippen molar-refractivity contribution in [2.24, 2.45) is 0 Å². The third-order valence-electron chi connectivity index (χ3n) is 4.56. The molecule has 0 aliphatic heterocycles. The van der Waals surface area contributed by atoms with Gasteiger partial charge in [0.15, 0.2) is 0 Å². The molecule has 0 unspecified atom stereocenters. The second-order valence-corrected chi connectivity index (χ2v) is 11.1. The number of carbonyl (C=O) groups excluding carboxylic acids is 1. The van der Waals surface area contributed by atoms with Crippen molar-refractivity contribution in [3.8, 4) is 0 Å². The topological polar surface area (TPSA) is 66.5 Å². The molecule has 1 N–H and O–H groups in total. The van der Waals surface area contributed by atoms with Crippen LogP contribution < -0.4 is 9.62 Å². The predicted molar refractivity (Wildman–Crippen MR) is 138 cm³/mol. The number of benzene rings is 3. The predicted octanol–water partition coefficient (Wildman–Crippen LogP) is 5.89. The lowest BCUT2D eigenvalue weighted by Gasteiger charge is -2.25.